The molecule has 3 nitrogen and oxygen atoms in total. The van der Waals surface area contributed by atoms with Crippen LogP contribution in [0.4, 0.5) is 13.2 Å². The van der Waals surface area contributed by atoms with Gasteiger partial charge in [-0.1, -0.05) is 18.2 Å². The second-order valence-electron chi connectivity index (χ2n) is 6.97. The molecular weight excluding hydrogens is 344 g/mol. The summed E-state index contributed by atoms with van der Waals surface area (Å²) in [7, 11) is 1.47. The molecule has 139 valence electrons. The molecule has 0 fully saturated rings. The molecule has 1 N–H and O–H groups in total. The minimum absolute atomic E-state index is 0.278. The maximum Gasteiger partial charge on any atom is 0.416 e. The van der Waals surface area contributed by atoms with E-state index < -0.39 is 22.9 Å². The van der Waals surface area contributed by atoms with Crippen LogP contribution in [0.15, 0.2) is 48.5 Å². The molecule has 2 aromatic carbocycles. The van der Waals surface area contributed by atoms with Crippen molar-refractivity contribution < 1.29 is 27.7 Å². The van der Waals surface area contributed by atoms with E-state index >= 15 is 0 Å². The van der Waals surface area contributed by atoms with Gasteiger partial charge in [-0.05, 0) is 63.5 Å². The van der Waals surface area contributed by atoms with Crippen molar-refractivity contribution >= 4 is 12.9 Å². The smallest absolute Gasteiger partial charge is 0.416 e. The van der Waals surface area contributed by atoms with Gasteiger partial charge < -0.3 is 14.5 Å². The largest absolute Gasteiger partial charge is 0.458 e. The van der Waals surface area contributed by atoms with Crippen molar-refractivity contribution in [2.45, 2.75) is 45.1 Å². The van der Waals surface area contributed by atoms with Crippen molar-refractivity contribution in [1.82, 2.24) is 0 Å². The first-order chi connectivity index (χ1) is 11.9. The quantitative estimate of drug-likeness (QED) is 0.776. The number of hydrogen-bond acceptors (Lipinski definition) is 3. The first kappa shape index (κ1) is 20.3. The van der Waals surface area contributed by atoms with Gasteiger partial charge in [0.2, 0.25) is 0 Å². The lowest BCUT2D eigenvalue weighted by Gasteiger charge is -2.37. The minimum atomic E-state index is -4.39. The number of aliphatic hydroxyl groups is 1. The number of ether oxygens (including phenoxy) is 1. The highest BCUT2D eigenvalue weighted by Crippen LogP contribution is 2.31. The molecule has 0 aliphatic carbocycles. The van der Waals surface area contributed by atoms with Crippen LogP contribution >= 0.6 is 0 Å². The van der Waals surface area contributed by atoms with Crippen LogP contribution in [0.3, 0.4) is 0 Å². The van der Waals surface area contributed by atoms with Gasteiger partial charge in [-0.25, -0.2) is 0 Å². The van der Waals surface area contributed by atoms with E-state index in [2.05, 4.69) is 0 Å². The van der Waals surface area contributed by atoms with Gasteiger partial charge in [-0.3, -0.25) is 0 Å². The van der Waals surface area contributed by atoms with Gasteiger partial charge in [0.1, 0.15) is 11.5 Å². The Morgan fingerprint density at radius 3 is 2.00 bits per heavy atom. The van der Waals surface area contributed by atoms with Crippen LogP contribution in [0, 0.1) is 0 Å². The third-order valence-corrected chi connectivity index (χ3v) is 4.28. The number of rotatable bonds is 6. The van der Waals surface area contributed by atoms with Gasteiger partial charge in [0.05, 0.1) is 16.8 Å². The van der Waals surface area contributed by atoms with Gasteiger partial charge in [-0.2, -0.15) is 13.2 Å². The van der Waals surface area contributed by atoms with Gasteiger partial charge in [0, 0.05) is 0 Å². The number of alkyl halides is 3. The summed E-state index contributed by atoms with van der Waals surface area (Å²) in [6, 6.07) is 11.4. The van der Waals surface area contributed by atoms with Crippen LogP contribution in [-0.2, 0) is 10.8 Å². The van der Waals surface area contributed by atoms with Crippen molar-refractivity contribution in [2.24, 2.45) is 0 Å². The second-order valence-corrected chi connectivity index (χ2v) is 6.97. The highest BCUT2D eigenvalue weighted by Gasteiger charge is 2.36. The number of hydrogen-bond donors (Lipinski definition) is 1. The Balaban J connectivity index is 2.14. The fourth-order valence-corrected chi connectivity index (χ4v) is 1.86. The summed E-state index contributed by atoms with van der Waals surface area (Å²) in [5, 5.41) is 10.2. The predicted molar refractivity (Wildman–Crippen MR) is 94.8 cm³/mol. The molecule has 26 heavy (non-hydrogen) atoms. The molecule has 0 bridgehead atoms. The second kappa shape index (κ2) is 7.33. The van der Waals surface area contributed by atoms with Crippen LogP contribution < -0.4 is 10.2 Å². The summed E-state index contributed by atoms with van der Waals surface area (Å²) < 4.78 is 49.3. The number of halogens is 3. The fraction of sp³-hybridized carbons (Fsp3) is 0.368. The summed E-state index contributed by atoms with van der Waals surface area (Å²) in [6.45, 7) is 6.79. The maximum atomic E-state index is 12.6. The molecule has 0 atom stereocenters. The van der Waals surface area contributed by atoms with E-state index in [4.69, 9.17) is 9.39 Å². The Hall–Kier alpha value is -1.99. The Bertz CT molecular complexity index is 735. The molecule has 1 radical (unpaired) electrons. The monoisotopic (exact) mass is 365 g/mol. The van der Waals surface area contributed by atoms with E-state index in [0.29, 0.717) is 11.2 Å². The number of para-hydroxylation sites is 1. The lowest BCUT2D eigenvalue weighted by molar-refractivity contribution is -0.137. The molecule has 2 aromatic rings. The van der Waals surface area contributed by atoms with E-state index in [-0.39, 0.29) is 5.75 Å². The topological polar surface area (TPSA) is 38.7 Å². The lowest BCUT2D eigenvalue weighted by atomic mass is 9.82. The fourth-order valence-electron chi connectivity index (χ4n) is 1.86. The third kappa shape index (κ3) is 5.02. The van der Waals surface area contributed by atoms with Crippen LogP contribution in [0.2, 0.25) is 0 Å². The van der Waals surface area contributed by atoms with Crippen molar-refractivity contribution in [1.29, 1.82) is 0 Å². The van der Waals surface area contributed by atoms with E-state index in [1.807, 2.05) is 0 Å². The maximum absolute atomic E-state index is 12.6. The molecule has 0 aliphatic rings. The average Bonchev–Trinajstić information content (AvgIpc) is 2.53. The molecule has 2 rings (SSSR count). The molecule has 0 aromatic heterocycles. The van der Waals surface area contributed by atoms with E-state index in [1.54, 1.807) is 52.0 Å². The Morgan fingerprint density at radius 2 is 1.46 bits per heavy atom. The molecule has 0 amide bonds. The highest BCUT2D eigenvalue weighted by molar-refractivity contribution is 6.48. The lowest BCUT2D eigenvalue weighted by Crippen LogP contribution is -2.49. The summed E-state index contributed by atoms with van der Waals surface area (Å²) in [5.74, 6) is 0.708. The van der Waals surface area contributed by atoms with Crippen LogP contribution in [-0.4, -0.2) is 23.8 Å². The Kier molecular flexibility index (Phi) is 5.73. The summed E-state index contributed by atoms with van der Waals surface area (Å²) in [5.41, 5.74) is -2.06. The highest BCUT2D eigenvalue weighted by atomic mass is 19.4. The Morgan fingerprint density at radius 1 is 0.885 bits per heavy atom. The molecule has 7 heteroatoms. The average molecular weight is 365 g/mol. The van der Waals surface area contributed by atoms with Crippen LogP contribution in [0.5, 0.6) is 11.5 Å². The zero-order valence-electron chi connectivity index (χ0n) is 15.1. The molecule has 0 saturated carbocycles. The van der Waals surface area contributed by atoms with Crippen molar-refractivity contribution in [2.75, 3.05) is 0 Å². The molecule has 0 aliphatic heterocycles. The Labute approximate surface area is 152 Å². The minimum Gasteiger partial charge on any atom is -0.458 e. The standard InChI is InChI=1S/C19H21BF3O3/c1-17(2,24)18(3,4)26-20-15-7-5-6-8-16(15)25-14-11-9-13(10-12-14)19(21,22)23/h5-12,24H,1-4H3. The summed E-state index contributed by atoms with van der Waals surface area (Å²) in [4.78, 5) is 0. The third-order valence-electron chi connectivity index (χ3n) is 4.28. The normalized spacial score (nSPS) is 12.8. The molecule has 0 spiro atoms. The van der Waals surface area contributed by atoms with Crippen molar-refractivity contribution in [3.8, 4) is 11.5 Å². The SMILES string of the molecule is CC(C)(O)C(C)(C)O[B]c1ccccc1Oc1ccc(C(F)(F)F)cc1. The van der Waals surface area contributed by atoms with Crippen LogP contribution in [0.1, 0.15) is 33.3 Å². The zero-order valence-corrected chi connectivity index (χ0v) is 15.1. The summed E-state index contributed by atoms with van der Waals surface area (Å²) >= 11 is 0. The van der Waals surface area contributed by atoms with Gasteiger partial charge >= 0.3 is 13.7 Å². The molecule has 0 saturated heterocycles. The van der Waals surface area contributed by atoms with Crippen molar-refractivity contribution in [3.63, 3.8) is 0 Å². The van der Waals surface area contributed by atoms with E-state index in [1.165, 1.54) is 19.6 Å². The first-order valence-corrected chi connectivity index (χ1v) is 8.08. The van der Waals surface area contributed by atoms with E-state index in [0.717, 1.165) is 12.1 Å². The molecule has 0 unspecified atom stereocenters. The van der Waals surface area contributed by atoms with Gasteiger partial charge in [0.25, 0.3) is 0 Å². The zero-order chi connectivity index (χ0) is 19.6. The first-order valence-electron chi connectivity index (χ1n) is 8.08. The van der Waals surface area contributed by atoms with E-state index in [9.17, 15) is 18.3 Å². The molecular formula is C19H21BF3O3. The predicted octanol–water partition coefficient (Wildman–Crippen LogP) is 4.31. The molecule has 0 heterocycles. The number of benzene rings is 2. The summed E-state index contributed by atoms with van der Waals surface area (Å²) in [6.07, 6.45) is -4.39. The van der Waals surface area contributed by atoms with Crippen LogP contribution in [0.25, 0.3) is 0 Å². The van der Waals surface area contributed by atoms with Crippen molar-refractivity contribution in [3.05, 3.63) is 54.1 Å². The van der Waals surface area contributed by atoms with Gasteiger partial charge in [-0.15, -0.1) is 0 Å². The van der Waals surface area contributed by atoms with Gasteiger partial charge in [0.15, 0.2) is 0 Å².